The Kier molecular flexibility index (Phi) is 7.98. The summed E-state index contributed by atoms with van der Waals surface area (Å²) in [5.41, 5.74) is 1.06. The van der Waals surface area contributed by atoms with Crippen molar-refractivity contribution in [2.75, 3.05) is 26.7 Å². The van der Waals surface area contributed by atoms with E-state index in [1.807, 2.05) is 0 Å². The fraction of sp³-hybridized carbons (Fsp3) is 0.524. The third-order valence-corrected chi connectivity index (χ3v) is 4.83. The van der Waals surface area contributed by atoms with Crippen molar-refractivity contribution >= 4 is 17.4 Å². The van der Waals surface area contributed by atoms with Crippen LogP contribution in [0.1, 0.15) is 51.0 Å². The summed E-state index contributed by atoms with van der Waals surface area (Å²) in [6.45, 7) is 2.65. The van der Waals surface area contributed by atoms with Gasteiger partial charge in [0.1, 0.15) is 11.5 Å². The first-order valence-electron chi connectivity index (χ1n) is 9.69. The first-order chi connectivity index (χ1) is 13.0. The van der Waals surface area contributed by atoms with Gasteiger partial charge in [-0.15, -0.1) is 0 Å². The van der Waals surface area contributed by atoms with E-state index in [0.717, 1.165) is 19.3 Å². The Morgan fingerprint density at radius 1 is 1.00 bits per heavy atom. The molecular weight excluding hydrogens is 347 g/mol. The summed E-state index contributed by atoms with van der Waals surface area (Å²) >= 11 is 0. The van der Waals surface area contributed by atoms with E-state index in [1.54, 1.807) is 11.9 Å². The molecule has 0 saturated heterocycles. The lowest BCUT2D eigenvalue weighted by molar-refractivity contribution is -0.137. The Morgan fingerprint density at radius 2 is 1.63 bits per heavy atom. The predicted molar refractivity (Wildman–Crippen MR) is 103 cm³/mol. The van der Waals surface area contributed by atoms with Gasteiger partial charge in [0.05, 0.1) is 12.2 Å². The van der Waals surface area contributed by atoms with Gasteiger partial charge in [0.25, 0.3) is 11.8 Å². The number of benzene rings is 1. The highest BCUT2D eigenvalue weighted by molar-refractivity contribution is 6.35. The summed E-state index contributed by atoms with van der Waals surface area (Å²) < 4.78 is 13.3. The second-order valence-electron chi connectivity index (χ2n) is 6.91. The molecule has 0 radical (unpaired) electrons. The fourth-order valence-electron chi connectivity index (χ4n) is 3.31. The Morgan fingerprint density at radius 3 is 2.26 bits per heavy atom. The lowest BCUT2D eigenvalue weighted by Gasteiger charge is -2.20. The average Bonchev–Trinajstić information content (AvgIpc) is 2.90. The van der Waals surface area contributed by atoms with E-state index < -0.39 is 5.82 Å². The van der Waals surface area contributed by atoms with Crippen LogP contribution in [0.25, 0.3) is 5.57 Å². The molecule has 1 heterocycles. The molecule has 0 spiro atoms. The fourth-order valence-corrected chi connectivity index (χ4v) is 3.31. The van der Waals surface area contributed by atoms with Crippen molar-refractivity contribution in [2.45, 2.75) is 45.4 Å². The zero-order chi connectivity index (χ0) is 19.8. The van der Waals surface area contributed by atoms with Crippen LogP contribution in [0.5, 0.6) is 0 Å². The number of carbonyl (C=O) groups excluding carboxylic acids is 2. The van der Waals surface area contributed by atoms with Crippen LogP contribution in [0.3, 0.4) is 0 Å². The van der Waals surface area contributed by atoms with E-state index in [-0.39, 0.29) is 36.2 Å². The maximum Gasteiger partial charge on any atom is 0.277 e. The maximum atomic E-state index is 13.3. The van der Waals surface area contributed by atoms with Crippen molar-refractivity contribution in [3.05, 3.63) is 41.3 Å². The lowest BCUT2D eigenvalue weighted by atomic mass is 10.0. The minimum atomic E-state index is -0.398. The molecule has 0 unspecified atom stereocenters. The summed E-state index contributed by atoms with van der Waals surface area (Å²) in [4.78, 5) is 28.7. The standard InChI is InChI=1S/C21H29FN2O3/c1-3-4-5-6-7-8-13-24-20(26)18(16-9-11-17(22)12-10-16)19(21(24)27)23(2)14-15-25/h9-12,25H,3-8,13-15H2,1-2H3. The van der Waals surface area contributed by atoms with Gasteiger partial charge in [-0.05, 0) is 24.1 Å². The molecule has 148 valence electrons. The Labute approximate surface area is 160 Å². The molecule has 1 aromatic carbocycles. The molecule has 0 aliphatic carbocycles. The van der Waals surface area contributed by atoms with Crippen LogP contribution in [0.2, 0.25) is 0 Å². The first-order valence-corrected chi connectivity index (χ1v) is 9.69. The number of aliphatic hydroxyl groups excluding tert-OH is 1. The van der Waals surface area contributed by atoms with Crippen LogP contribution < -0.4 is 0 Å². The zero-order valence-corrected chi connectivity index (χ0v) is 16.2. The third kappa shape index (κ3) is 5.16. The van der Waals surface area contributed by atoms with E-state index in [0.29, 0.717) is 12.1 Å². The second-order valence-corrected chi connectivity index (χ2v) is 6.91. The average molecular weight is 376 g/mol. The number of likely N-dealkylation sites (N-methyl/N-ethyl adjacent to an activating group) is 1. The van der Waals surface area contributed by atoms with Crippen LogP contribution >= 0.6 is 0 Å². The zero-order valence-electron chi connectivity index (χ0n) is 16.2. The normalized spacial score (nSPS) is 14.4. The third-order valence-electron chi connectivity index (χ3n) is 4.83. The van der Waals surface area contributed by atoms with Gasteiger partial charge in [0.2, 0.25) is 0 Å². The highest BCUT2D eigenvalue weighted by Crippen LogP contribution is 2.31. The molecule has 0 bridgehead atoms. The molecule has 1 aliphatic rings. The quantitative estimate of drug-likeness (QED) is 0.476. The molecule has 0 atom stereocenters. The van der Waals surface area contributed by atoms with Crippen molar-refractivity contribution in [1.82, 2.24) is 9.80 Å². The summed E-state index contributed by atoms with van der Waals surface area (Å²) in [6.07, 6.45) is 6.39. The van der Waals surface area contributed by atoms with Gasteiger partial charge in [0, 0.05) is 20.1 Å². The monoisotopic (exact) mass is 376 g/mol. The summed E-state index contributed by atoms with van der Waals surface area (Å²) in [5, 5.41) is 9.23. The SMILES string of the molecule is CCCCCCCCN1C(=O)C(c2ccc(F)cc2)=C(N(C)CCO)C1=O. The van der Waals surface area contributed by atoms with E-state index >= 15 is 0 Å². The summed E-state index contributed by atoms with van der Waals surface area (Å²) in [5.74, 6) is -1.09. The van der Waals surface area contributed by atoms with E-state index in [2.05, 4.69) is 6.92 Å². The van der Waals surface area contributed by atoms with Crippen LogP contribution in [-0.4, -0.2) is 53.5 Å². The number of carbonyl (C=O) groups is 2. The van der Waals surface area contributed by atoms with Gasteiger partial charge >= 0.3 is 0 Å². The number of halogens is 1. The second kappa shape index (κ2) is 10.2. The number of hydrogen-bond acceptors (Lipinski definition) is 4. The molecule has 1 aliphatic heterocycles. The van der Waals surface area contributed by atoms with Gasteiger partial charge in [-0.2, -0.15) is 0 Å². The molecule has 0 aromatic heterocycles. The molecule has 5 nitrogen and oxygen atoms in total. The van der Waals surface area contributed by atoms with E-state index in [4.69, 9.17) is 0 Å². The molecule has 1 aromatic rings. The number of nitrogens with zero attached hydrogens (tertiary/aromatic N) is 2. The molecule has 0 saturated carbocycles. The molecule has 2 rings (SSSR count). The van der Waals surface area contributed by atoms with Gasteiger partial charge in [-0.3, -0.25) is 14.5 Å². The number of aliphatic hydroxyl groups is 1. The van der Waals surface area contributed by atoms with Crippen molar-refractivity contribution in [1.29, 1.82) is 0 Å². The van der Waals surface area contributed by atoms with Crippen molar-refractivity contribution in [2.24, 2.45) is 0 Å². The number of imide groups is 1. The Balaban J connectivity index is 2.17. The van der Waals surface area contributed by atoms with E-state index in [1.165, 1.54) is 48.4 Å². The summed E-state index contributed by atoms with van der Waals surface area (Å²) in [6, 6.07) is 5.58. The van der Waals surface area contributed by atoms with Crippen LogP contribution in [0.4, 0.5) is 4.39 Å². The van der Waals surface area contributed by atoms with Crippen molar-refractivity contribution < 1.29 is 19.1 Å². The van der Waals surface area contributed by atoms with Gasteiger partial charge in [0.15, 0.2) is 0 Å². The minimum Gasteiger partial charge on any atom is -0.395 e. The number of amides is 2. The minimum absolute atomic E-state index is 0.129. The van der Waals surface area contributed by atoms with Crippen molar-refractivity contribution in [3.63, 3.8) is 0 Å². The Hall–Kier alpha value is -2.21. The highest BCUT2D eigenvalue weighted by atomic mass is 19.1. The highest BCUT2D eigenvalue weighted by Gasteiger charge is 2.40. The Bertz CT molecular complexity index is 685. The first kappa shape index (κ1) is 21.1. The topological polar surface area (TPSA) is 60.9 Å². The predicted octanol–water partition coefficient (Wildman–Crippen LogP) is 3.19. The maximum absolute atomic E-state index is 13.3. The molecular formula is C21H29FN2O3. The molecule has 1 N–H and O–H groups in total. The largest absolute Gasteiger partial charge is 0.395 e. The molecule has 6 heteroatoms. The van der Waals surface area contributed by atoms with Crippen LogP contribution in [0.15, 0.2) is 30.0 Å². The summed E-state index contributed by atoms with van der Waals surface area (Å²) in [7, 11) is 1.68. The van der Waals surface area contributed by atoms with Crippen molar-refractivity contribution in [3.8, 4) is 0 Å². The molecule has 0 fully saturated rings. The molecule has 2 amide bonds. The van der Waals surface area contributed by atoms with Crippen LogP contribution in [0, 0.1) is 5.82 Å². The van der Waals surface area contributed by atoms with Gasteiger partial charge in [-0.1, -0.05) is 51.2 Å². The van der Waals surface area contributed by atoms with Gasteiger partial charge in [-0.25, -0.2) is 4.39 Å². The lowest BCUT2D eigenvalue weighted by Crippen LogP contribution is -2.35. The van der Waals surface area contributed by atoms with Crippen LogP contribution in [-0.2, 0) is 9.59 Å². The number of unbranched alkanes of at least 4 members (excludes halogenated alkanes) is 5. The van der Waals surface area contributed by atoms with Gasteiger partial charge < -0.3 is 10.0 Å². The number of rotatable bonds is 11. The van der Waals surface area contributed by atoms with E-state index in [9.17, 15) is 19.1 Å². The number of hydrogen-bond donors (Lipinski definition) is 1. The molecule has 27 heavy (non-hydrogen) atoms. The smallest absolute Gasteiger partial charge is 0.277 e.